The largest absolute Gasteiger partial charge is 0.273 e. The normalized spacial score (nSPS) is 23.8. The summed E-state index contributed by atoms with van der Waals surface area (Å²) < 4.78 is 0. The van der Waals surface area contributed by atoms with Crippen molar-refractivity contribution in [2.24, 2.45) is 10.5 Å². The van der Waals surface area contributed by atoms with Crippen LogP contribution in [0, 0.1) is 5.41 Å². The lowest BCUT2D eigenvalue weighted by molar-refractivity contribution is -0.131. The van der Waals surface area contributed by atoms with Crippen molar-refractivity contribution >= 4 is 11.6 Å². The van der Waals surface area contributed by atoms with Crippen LogP contribution < -0.4 is 0 Å². The van der Waals surface area contributed by atoms with E-state index in [4.69, 9.17) is 0 Å². The zero-order chi connectivity index (χ0) is 11.8. The summed E-state index contributed by atoms with van der Waals surface area (Å²) >= 11 is 0. The van der Waals surface area contributed by atoms with E-state index in [0.29, 0.717) is 12.5 Å². The Labute approximate surface area is 97.9 Å². The Hall–Kier alpha value is -0.860. The third-order valence-corrected chi connectivity index (χ3v) is 3.59. The van der Waals surface area contributed by atoms with E-state index >= 15 is 0 Å². The monoisotopic (exact) mass is 222 g/mol. The molecule has 0 unspecified atom stereocenters. The fourth-order valence-corrected chi connectivity index (χ4v) is 2.47. The molecular weight excluding hydrogens is 200 g/mol. The molecule has 0 aromatic rings. The van der Waals surface area contributed by atoms with Gasteiger partial charge in [-0.25, -0.2) is 5.01 Å². The van der Waals surface area contributed by atoms with Gasteiger partial charge in [0.2, 0.25) is 5.91 Å². The van der Waals surface area contributed by atoms with Gasteiger partial charge in [-0.05, 0) is 12.8 Å². The highest BCUT2D eigenvalue weighted by molar-refractivity contribution is 6.07. The standard InChI is InChI=1S/C13H22N2O/c1-13(2,3)11-9-12(16)15(14-11)10-7-5-4-6-8-10/h10H,4-9H2,1-3H3. The molecular formula is C13H22N2O. The topological polar surface area (TPSA) is 32.7 Å². The van der Waals surface area contributed by atoms with Crippen LogP contribution in [-0.4, -0.2) is 22.7 Å². The van der Waals surface area contributed by atoms with Gasteiger partial charge in [0.05, 0.1) is 18.2 Å². The Morgan fingerprint density at radius 1 is 1.19 bits per heavy atom. The van der Waals surface area contributed by atoms with Gasteiger partial charge in [-0.1, -0.05) is 40.0 Å². The number of rotatable bonds is 1. The first-order valence-corrected chi connectivity index (χ1v) is 6.38. The lowest BCUT2D eigenvalue weighted by atomic mass is 9.88. The first kappa shape index (κ1) is 11.6. The molecule has 0 aromatic heterocycles. The molecule has 16 heavy (non-hydrogen) atoms. The predicted octanol–water partition coefficient (Wildman–Crippen LogP) is 2.95. The SMILES string of the molecule is CC(C)(C)C1=NN(C2CCCCC2)C(=O)C1. The van der Waals surface area contributed by atoms with Crippen molar-refractivity contribution < 1.29 is 4.79 Å². The summed E-state index contributed by atoms with van der Waals surface area (Å²) in [7, 11) is 0. The van der Waals surface area contributed by atoms with Crippen LogP contribution in [0.2, 0.25) is 0 Å². The summed E-state index contributed by atoms with van der Waals surface area (Å²) in [4.78, 5) is 11.9. The van der Waals surface area contributed by atoms with Crippen molar-refractivity contribution in [3.63, 3.8) is 0 Å². The number of hydrazone groups is 1. The molecule has 0 saturated heterocycles. The minimum atomic E-state index is 0.0269. The summed E-state index contributed by atoms with van der Waals surface area (Å²) in [5, 5.41) is 6.34. The Morgan fingerprint density at radius 2 is 1.81 bits per heavy atom. The molecule has 90 valence electrons. The quantitative estimate of drug-likeness (QED) is 0.671. The maximum Gasteiger partial charge on any atom is 0.248 e. The van der Waals surface area contributed by atoms with Gasteiger partial charge in [-0.15, -0.1) is 0 Å². The Balaban J connectivity index is 2.10. The van der Waals surface area contributed by atoms with Crippen molar-refractivity contribution in [3.8, 4) is 0 Å². The van der Waals surface area contributed by atoms with Gasteiger partial charge in [0.25, 0.3) is 0 Å². The van der Waals surface area contributed by atoms with Crippen LogP contribution in [0.1, 0.15) is 59.3 Å². The molecule has 1 amide bonds. The van der Waals surface area contributed by atoms with E-state index in [-0.39, 0.29) is 11.3 Å². The van der Waals surface area contributed by atoms with Crippen molar-refractivity contribution in [3.05, 3.63) is 0 Å². The fourth-order valence-electron chi connectivity index (χ4n) is 2.47. The zero-order valence-corrected chi connectivity index (χ0v) is 10.6. The molecule has 3 heteroatoms. The molecule has 0 bridgehead atoms. The van der Waals surface area contributed by atoms with Gasteiger partial charge in [-0.2, -0.15) is 5.10 Å². The maximum absolute atomic E-state index is 11.9. The van der Waals surface area contributed by atoms with Crippen molar-refractivity contribution in [2.75, 3.05) is 0 Å². The molecule has 1 fully saturated rings. The van der Waals surface area contributed by atoms with Gasteiger partial charge in [0, 0.05) is 5.41 Å². The Kier molecular flexibility index (Phi) is 3.04. The molecule has 0 spiro atoms. The lowest BCUT2D eigenvalue weighted by Gasteiger charge is -2.28. The van der Waals surface area contributed by atoms with Gasteiger partial charge < -0.3 is 0 Å². The summed E-state index contributed by atoms with van der Waals surface area (Å²) in [5.74, 6) is 0.205. The van der Waals surface area contributed by atoms with Crippen molar-refractivity contribution in [1.82, 2.24) is 5.01 Å². The van der Waals surface area contributed by atoms with Crippen LogP contribution in [0.5, 0.6) is 0 Å². The molecule has 3 nitrogen and oxygen atoms in total. The third kappa shape index (κ3) is 2.28. The van der Waals surface area contributed by atoms with Crippen LogP contribution in [0.25, 0.3) is 0 Å². The van der Waals surface area contributed by atoms with E-state index < -0.39 is 0 Å². The highest BCUT2D eigenvalue weighted by Gasteiger charge is 2.35. The second-order valence-electron chi connectivity index (χ2n) is 6.00. The van der Waals surface area contributed by atoms with Crippen molar-refractivity contribution in [1.29, 1.82) is 0 Å². The van der Waals surface area contributed by atoms with Crippen molar-refractivity contribution in [2.45, 2.75) is 65.3 Å². The Morgan fingerprint density at radius 3 is 2.31 bits per heavy atom. The summed E-state index contributed by atoms with van der Waals surface area (Å²) in [6.45, 7) is 6.39. The molecule has 0 radical (unpaired) electrons. The molecule has 2 rings (SSSR count). The molecule has 0 aromatic carbocycles. The minimum Gasteiger partial charge on any atom is -0.273 e. The van der Waals surface area contributed by atoms with E-state index in [2.05, 4.69) is 25.9 Å². The minimum absolute atomic E-state index is 0.0269. The van der Waals surface area contributed by atoms with Gasteiger partial charge in [0.15, 0.2) is 0 Å². The van der Waals surface area contributed by atoms with Crippen LogP contribution in [0.15, 0.2) is 5.10 Å². The highest BCUT2D eigenvalue weighted by Crippen LogP contribution is 2.30. The smallest absolute Gasteiger partial charge is 0.248 e. The first-order valence-electron chi connectivity index (χ1n) is 6.38. The second-order valence-corrected chi connectivity index (χ2v) is 6.00. The van der Waals surface area contributed by atoms with E-state index in [1.54, 1.807) is 5.01 Å². The number of hydrogen-bond acceptors (Lipinski definition) is 2. The highest BCUT2D eigenvalue weighted by atomic mass is 16.2. The van der Waals surface area contributed by atoms with Crippen LogP contribution in [0.4, 0.5) is 0 Å². The summed E-state index contributed by atoms with van der Waals surface area (Å²) in [6.07, 6.45) is 6.59. The van der Waals surface area contributed by atoms with Gasteiger partial charge in [0.1, 0.15) is 0 Å². The molecule has 0 N–H and O–H groups in total. The average molecular weight is 222 g/mol. The molecule has 1 aliphatic carbocycles. The number of amides is 1. The van der Waals surface area contributed by atoms with Crippen LogP contribution in [0.3, 0.4) is 0 Å². The maximum atomic E-state index is 11.9. The predicted molar refractivity (Wildman–Crippen MR) is 65.2 cm³/mol. The average Bonchev–Trinajstić information content (AvgIpc) is 2.61. The van der Waals surface area contributed by atoms with E-state index in [1.165, 1.54) is 19.3 Å². The van der Waals surface area contributed by atoms with E-state index in [1.807, 2.05) is 0 Å². The Bertz CT molecular complexity index is 308. The van der Waals surface area contributed by atoms with Gasteiger partial charge >= 0.3 is 0 Å². The second kappa shape index (κ2) is 4.19. The molecule has 1 saturated carbocycles. The summed E-state index contributed by atoms with van der Waals surface area (Å²) in [6, 6.07) is 0.376. The number of hydrogen-bond donors (Lipinski definition) is 0. The molecule has 1 heterocycles. The third-order valence-electron chi connectivity index (χ3n) is 3.59. The number of carbonyl (C=O) groups is 1. The fraction of sp³-hybridized carbons (Fsp3) is 0.846. The summed E-state index contributed by atoms with van der Waals surface area (Å²) in [5.41, 5.74) is 1.07. The van der Waals surface area contributed by atoms with Crippen LogP contribution in [-0.2, 0) is 4.79 Å². The van der Waals surface area contributed by atoms with Crippen LogP contribution >= 0.6 is 0 Å². The zero-order valence-electron chi connectivity index (χ0n) is 10.6. The molecule has 2 aliphatic rings. The molecule has 1 aliphatic heterocycles. The van der Waals surface area contributed by atoms with Gasteiger partial charge in [-0.3, -0.25) is 4.79 Å². The first-order chi connectivity index (χ1) is 7.48. The number of carbonyl (C=O) groups excluding carboxylic acids is 1. The number of nitrogens with zero attached hydrogens (tertiary/aromatic N) is 2. The molecule has 0 atom stereocenters. The lowest BCUT2D eigenvalue weighted by Crippen LogP contribution is -2.34. The van der Waals surface area contributed by atoms with E-state index in [9.17, 15) is 4.79 Å². The van der Waals surface area contributed by atoms with E-state index in [0.717, 1.165) is 18.6 Å².